The van der Waals surface area contributed by atoms with Gasteiger partial charge in [-0.05, 0) is 24.5 Å². The zero-order valence-corrected chi connectivity index (χ0v) is 13.1. The molecule has 22 heavy (non-hydrogen) atoms. The van der Waals surface area contributed by atoms with E-state index in [2.05, 4.69) is 10.3 Å². The Morgan fingerprint density at radius 2 is 2.14 bits per heavy atom. The molecule has 0 saturated heterocycles. The summed E-state index contributed by atoms with van der Waals surface area (Å²) in [5, 5.41) is 12.7. The van der Waals surface area contributed by atoms with Gasteiger partial charge in [0.05, 0.1) is 0 Å². The molecule has 0 spiro atoms. The minimum absolute atomic E-state index is 0.0809. The number of amides is 1. The number of nitrogens with zero attached hydrogens (tertiary/aromatic N) is 2. The number of carbonyl (C=O) groups is 1. The van der Waals surface area contributed by atoms with E-state index in [4.69, 9.17) is 0 Å². The van der Waals surface area contributed by atoms with Crippen molar-refractivity contribution in [1.82, 2.24) is 5.32 Å². The number of nitrogens with one attached hydrogen (secondary N) is 1. The summed E-state index contributed by atoms with van der Waals surface area (Å²) >= 11 is 0. The summed E-state index contributed by atoms with van der Waals surface area (Å²) < 4.78 is 0. The second-order valence-corrected chi connectivity index (χ2v) is 6.23. The summed E-state index contributed by atoms with van der Waals surface area (Å²) in [5.74, 6) is 0.621. The predicted molar refractivity (Wildman–Crippen MR) is 87.6 cm³/mol. The summed E-state index contributed by atoms with van der Waals surface area (Å²) in [4.78, 5) is 18.8. The lowest BCUT2D eigenvalue weighted by Gasteiger charge is -2.33. The lowest BCUT2D eigenvalue weighted by Crippen LogP contribution is -2.48. The summed E-state index contributed by atoms with van der Waals surface area (Å²) in [6.45, 7) is 5.69. The molecule has 2 aliphatic rings. The molecular formula is C17H21N3O2. The third kappa shape index (κ3) is 2.13. The second kappa shape index (κ2) is 5.25. The number of benzene rings is 1. The van der Waals surface area contributed by atoms with Crippen LogP contribution in [0, 0.1) is 5.92 Å². The number of amidine groups is 1. The van der Waals surface area contributed by atoms with Gasteiger partial charge >= 0.3 is 0 Å². The van der Waals surface area contributed by atoms with Crippen molar-refractivity contribution in [2.24, 2.45) is 10.9 Å². The van der Waals surface area contributed by atoms with Crippen LogP contribution < -0.4 is 10.2 Å². The third-order valence-corrected chi connectivity index (χ3v) is 4.65. The number of aliphatic hydroxyl groups is 1. The number of para-hydroxylation sites is 1. The molecule has 2 heterocycles. The fourth-order valence-electron chi connectivity index (χ4n) is 2.84. The van der Waals surface area contributed by atoms with Crippen molar-refractivity contribution in [3.8, 4) is 0 Å². The molecule has 2 atom stereocenters. The predicted octanol–water partition coefficient (Wildman–Crippen LogP) is 1.78. The lowest BCUT2D eigenvalue weighted by molar-refractivity contribution is -0.124. The fraction of sp³-hybridized carbons (Fsp3) is 0.412. The number of aliphatic imine (C=N–C) groups is 1. The number of aliphatic hydroxyl groups excluding tert-OH is 1. The van der Waals surface area contributed by atoms with Crippen molar-refractivity contribution >= 4 is 23.5 Å². The van der Waals surface area contributed by atoms with Crippen LogP contribution >= 0.6 is 0 Å². The minimum atomic E-state index is -0.749. The zero-order chi connectivity index (χ0) is 15.9. The molecule has 1 aromatic carbocycles. The van der Waals surface area contributed by atoms with E-state index < -0.39 is 5.54 Å². The summed E-state index contributed by atoms with van der Waals surface area (Å²) in [7, 11) is 0. The van der Waals surface area contributed by atoms with E-state index in [1.54, 1.807) is 0 Å². The van der Waals surface area contributed by atoms with Gasteiger partial charge in [-0.2, -0.15) is 0 Å². The summed E-state index contributed by atoms with van der Waals surface area (Å²) in [6, 6.07) is 7.60. The Hall–Kier alpha value is -2.14. The van der Waals surface area contributed by atoms with E-state index in [1.165, 1.54) is 0 Å². The van der Waals surface area contributed by atoms with Crippen molar-refractivity contribution in [3.63, 3.8) is 0 Å². The van der Waals surface area contributed by atoms with Crippen molar-refractivity contribution in [1.29, 1.82) is 0 Å². The maximum absolute atomic E-state index is 12.3. The highest BCUT2D eigenvalue weighted by Gasteiger charge is 2.44. The highest BCUT2D eigenvalue weighted by atomic mass is 16.3. The number of carbonyl (C=O) groups excluding carboxylic acids is 1. The highest BCUT2D eigenvalue weighted by Crippen LogP contribution is 2.32. The first-order chi connectivity index (χ1) is 10.5. The molecule has 1 amide bonds. The minimum Gasteiger partial charge on any atom is -0.376 e. The van der Waals surface area contributed by atoms with E-state index in [0.29, 0.717) is 5.84 Å². The second-order valence-electron chi connectivity index (χ2n) is 6.23. The van der Waals surface area contributed by atoms with Gasteiger partial charge in [-0.3, -0.25) is 9.79 Å². The van der Waals surface area contributed by atoms with Crippen LogP contribution in [0.5, 0.6) is 0 Å². The molecule has 0 fully saturated rings. The van der Waals surface area contributed by atoms with E-state index in [-0.39, 0.29) is 24.6 Å². The van der Waals surface area contributed by atoms with E-state index >= 15 is 0 Å². The Balaban J connectivity index is 1.99. The number of fused-ring (bicyclic) bond motifs is 1. The molecule has 3 rings (SSSR count). The Bertz CT molecular complexity index is 666. The number of anilines is 1. The molecule has 2 aliphatic heterocycles. The van der Waals surface area contributed by atoms with Crippen LogP contribution in [0.25, 0.3) is 6.08 Å². The van der Waals surface area contributed by atoms with Gasteiger partial charge in [0.15, 0.2) is 0 Å². The highest BCUT2D eigenvalue weighted by molar-refractivity contribution is 6.12. The largest absolute Gasteiger partial charge is 0.376 e. The molecule has 2 N–H and O–H groups in total. The molecule has 2 unspecified atom stereocenters. The Morgan fingerprint density at radius 3 is 2.77 bits per heavy atom. The average Bonchev–Trinajstić information content (AvgIpc) is 2.82. The zero-order valence-electron chi connectivity index (χ0n) is 13.1. The van der Waals surface area contributed by atoms with Gasteiger partial charge in [0.2, 0.25) is 0 Å². The van der Waals surface area contributed by atoms with Crippen LogP contribution in [-0.4, -0.2) is 35.2 Å². The maximum atomic E-state index is 12.3. The fourth-order valence-corrected chi connectivity index (χ4v) is 2.84. The monoisotopic (exact) mass is 299 g/mol. The first-order valence-electron chi connectivity index (χ1n) is 7.53. The van der Waals surface area contributed by atoms with Gasteiger partial charge in [0.1, 0.15) is 24.1 Å². The average molecular weight is 299 g/mol. The van der Waals surface area contributed by atoms with Gasteiger partial charge in [0.25, 0.3) is 5.91 Å². The molecule has 0 bridgehead atoms. The molecule has 0 saturated carbocycles. The van der Waals surface area contributed by atoms with Crippen LogP contribution in [0.15, 0.2) is 35.3 Å². The standard InChI is InChI=1S/C17H21N3O2/c1-11(2)17(3)16(22)18-15(19-17)14-9-8-12-6-4-5-7-13(12)20(14)10-21/h4-9,11,14,21H,10H2,1-3H3,(H,18,19,22). The molecule has 116 valence electrons. The molecule has 1 aromatic rings. The quantitative estimate of drug-likeness (QED) is 0.894. The number of rotatable bonds is 3. The number of hydrogen-bond donors (Lipinski definition) is 2. The van der Waals surface area contributed by atoms with Gasteiger partial charge in [-0.15, -0.1) is 0 Å². The smallest absolute Gasteiger partial charge is 0.253 e. The van der Waals surface area contributed by atoms with Crippen molar-refractivity contribution in [2.45, 2.75) is 32.4 Å². The van der Waals surface area contributed by atoms with Crippen LogP contribution in [0.4, 0.5) is 5.69 Å². The van der Waals surface area contributed by atoms with Crippen LogP contribution in [0.1, 0.15) is 26.3 Å². The van der Waals surface area contributed by atoms with Gasteiger partial charge < -0.3 is 15.3 Å². The van der Waals surface area contributed by atoms with Gasteiger partial charge in [-0.1, -0.05) is 44.2 Å². The van der Waals surface area contributed by atoms with Crippen molar-refractivity contribution < 1.29 is 9.90 Å². The Morgan fingerprint density at radius 1 is 1.41 bits per heavy atom. The van der Waals surface area contributed by atoms with Gasteiger partial charge in [-0.25, -0.2) is 0 Å². The molecule has 0 radical (unpaired) electrons. The molecule has 0 aromatic heterocycles. The molecular weight excluding hydrogens is 278 g/mol. The Labute approximate surface area is 130 Å². The third-order valence-electron chi connectivity index (χ3n) is 4.65. The van der Waals surface area contributed by atoms with E-state index in [0.717, 1.165) is 11.3 Å². The molecule has 5 heteroatoms. The maximum Gasteiger partial charge on any atom is 0.253 e. The molecule has 5 nitrogen and oxygen atoms in total. The Kier molecular flexibility index (Phi) is 3.53. The summed E-state index contributed by atoms with van der Waals surface area (Å²) in [6.07, 6.45) is 3.97. The van der Waals surface area contributed by atoms with Crippen molar-refractivity contribution in [3.05, 3.63) is 35.9 Å². The first kappa shape index (κ1) is 14.8. The van der Waals surface area contributed by atoms with Crippen LogP contribution in [-0.2, 0) is 4.79 Å². The topological polar surface area (TPSA) is 64.9 Å². The summed E-state index contributed by atoms with van der Waals surface area (Å²) in [5.41, 5.74) is 1.23. The van der Waals surface area contributed by atoms with Crippen molar-refractivity contribution in [2.75, 3.05) is 11.6 Å². The first-order valence-corrected chi connectivity index (χ1v) is 7.53. The SMILES string of the molecule is CC(C)C1(C)N=C(C2C=Cc3ccccc3N2CO)NC1=O. The lowest BCUT2D eigenvalue weighted by atomic mass is 9.89. The van der Waals surface area contributed by atoms with Crippen LogP contribution in [0.3, 0.4) is 0 Å². The van der Waals surface area contributed by atoms with Gasteiger partial charge in [0, 0.05) is 5.69 Å². The van der Waals surface area contributed by atoms with Crippen LogP contribution in [0.2, 0.25) is 0 Å². The normalized spacial score (nSPS) is 27.0. The molecule has 0 aliphatic carbocycles. The number of hydrogen-bond acceptors (Lipinski definition) is 4. The van der Waals surface area contributed by atoms with E-state index in [1.807, 2.05) is 62.1 Å². The van der Waals surface area contributed by atoms with E-state index in [9.17, 15) is 9.90 Å².